The Hall–Kier alpha value is -4.66. The van der Waals surface area contributed by atoms with Crippen molar-refractivity contribution in [1.82, 2.24) is 4.90 Å². The van der Waals surface area contributed by atoms with E-state index in [2.05, 4.69) is 6.92 Å². The highest BCUT2D eigenvalue weighted by Gasteiger charge is 2.19. The molecular weight excluding hydrogens is 524 g/mol. The van der Waals surface area contributed by atoms with Crippen molar-refractivity contribution >= 4 is 29.9 Å². The van der Waals surface area contributed by atoms with Gasteiger partial charge in [-0.2, -0.15) is 0 Å². The van der Waals surface area contributed by atoms with E-state index in [-0.39, 0.29) is 6.54 Å². The molecule has 0 aliphatic carbocycles. The van der Waals surface area contributed by atoms with Crippen LogP contribution in [0.4, 0.5) is 5.69 Å². The Bertz CT molecular complexity index is 1290. The number of rotatable bonds is 16. The number of aliphatic carboxylic acids is 1. The van der Waals surface area contributed by atoms with E-state index < -0.39 is 24.4 Å². The standard InChI is InChI=1S/C32H36N2O7/c1-3-4-5-6-7-20-40-28-18-12-26(13-19-28)32(39)41-29-16-8-24(9-17-29)21-34(22-30(36)37)31(38)25-10-14-27(15-11-25)33(2)23-35/h8-19,23H,3-7,20-22H2,1-2H3,(H,36,37). The number of amides is 2. The van der Waals surface area contributed by atoms with Crippen molar-refractivity contribution < 1.29 is 33.8 Å². The number of unbranched alkanes of at least 4 members (excludes halogenated alkanes) is 4. The molecule has 9 nitrogen and oxygen atoms in total. The maximum Gasteiger partial charge on any atom is 0.343 e. The van der Waals surface area contributed by atoms with Crippen molar-refractivity contribution in [3.8, 4) is 11.5 Å². The number of carbonyl (C=O) groups excluding carboxylic acids is 3. The van der Waals surface area contributed by atoms with Crippen LogP contribution in [-0.2, 0) is 16.1 Å². The van der Waals surface area contributed by atoms with Crippen molar-refractivity contribution in [3.63, 3.8) is 0 Å². The first-order valence-corrected chi connectivity index (χ1v) is 13.6. The van der Waals surface area contributed by atoms with Gasteiger partial charge in [-0.1, -0.05) is 44.7 Å². The minimum atomic E-state index is -1.15. The summed E-state index contributed by atoms with van der Waals surface area (Å²) in [6.07, 6.45) is 6.43. The fraction of sp³-hybridized carbons (Fsp3) is 0.312. The minimum Gasteiger partial charge on any atom is -0.494 e. The number of hydrogen-bond acceptors (Lipinski definition) is 6. The van der Waals surface area contributed by atoms with Crippen molar-refractivity contribution in [3.05, 3.63) is 89.5 Å². The van der Waals surface area contributed by atoms with Gasteiger partial charge in [0.05, 0.1) is 12.2 Å². The molecular formula is C32H36N2O7. The topological polar surface area (TPSA) is 113 Å². The predicted octanol–water partition coefficient (Wildman–Crippen LogP) is 5.57. The lowest BCUT2D eigenvalue weighted by atomic mass is 10.1. The molecule has 9 heteroatoms. The molecule has 0 heterocycles. The highest BCUT2D eigenvalue weighted by atomic mass is 16.5. The van der Waals surface area contributed by atoms with Crippen LogP contribution in [0.25, 0.3) is 0 Å². The first-order chi connectivity index (χ1) is 19.8. The molecule has 2 amide bonds. The largest absolute Gasteiger partial charge is 0.494 e. The first-order valence-electron chi connectivity index (χ1n) is 13.6. The summed E-state index contributed by atoms with van der Waals surface area (Å²) in [5.41, 5.74) is 1.94. The fourth-order valence-corrected chi connectivity index (χ4v) is 4.08. The average Bonchev–Trinajstić information content (AvgIpc) is 2.99. The number of carboxylic acid groups (broad SMARTS) is 1. The van der Waals surface area contributed by atoms with Gasteiger partial charge in [0.25, 0.3) is 5.91 Å². The third kappa shape index (κ3) is 9.79. The van der Waals surface area contributed by atoms with Crippen LogP contribution in [0.5, 0.6) is 11.5 Å². The van der Waals surface area contributed by atoms with E-state index in [9.17, 15) is 24.3 Å². The van der Waals surface area contributed by atoms with Crippen LogP contribution in [0.2, 0.25) is 0 Å². The van der Waals surface area contributed by atoms with Crippen LogP contribution in [0, 0.1) is 0 Å². The summed E-state index contributed by atoms with van der Waals surface area (Å²) in [5.74, 6) is -1.12. The number of benzene rings is 3. The quantitative estimate of drug-likeness (QED) is 0.105. The molecule has 0 aromatic heterocycles. The summed E-state index contributed by atoms with van der Waals surface area (Å²) < 4.78 is 11.2. The second-order valence-electron chi connectivity index (χ2n) is 9.64. The molecule has 0 atom stereocenters. The van der Waals surface area contributed by atoms with Crippen LogP contribution >= 0.6 is 0 Å². The third-order valence-corrected chi connectivity index (χ3v) is 6.41. The number of anilines is 1. The van der Waals surface area contributed by atoms with E-state index in [0.717, 1.165) is 12.8 Å². The summed E-state index contributed by atoms with van der Waals surface area (Å²) >= 11 is 0. The van der Waals surface area contributed by atoms with Gasteiger partial charge in [0, 0.05) is 24.8 Å². The molecule has 3 rings (SSSR count). The molecule has 0 aliphatic rings. The lowest BCUT2D eigenvalue weighted by Gasteiger charge is -2.21. The summed E-state index contributed by atoms with van der Waals surface area (Å²) in [5, 5.41) is 9.35. The lowest BCUT2D eigenvalue weighted by Crippen LogP contribution is -2.35. The van der Waals surface area contributed by atoms with Crippen LogP contribution in [-0.4, -0.2) is 54.5 Å². The number of nitrogens with zero attached hydrogens (tertiary/aromatic N) is 2. The molecule has 0 radical (unpaired) electrons. The smallest absolute Gasteiger partial charge is 0.343 e. The summed E-state index contributed by atoms with van der Waals surface area (Å²) in [6, 6.07) is 19.6. The molecule has 0 unspecified atom stereocenters. The molecule has 3 aromatic carbocycles. The Morgan fingerprint density at radius 2 is 1.41 bits per heavy atom. The SMILES string of the molecule is CCCCCCCOc1ccc(C(=O)Oc2ccc(CN(CC(=O)O)C(=O)c3ccc(N(C)C=O)cc3)cc2)cc1. The van der Waals surface area contributed by atoms with Gasteiger partial charge in [-0.05, 0) is 72.6 Å². The van der Waals surface area contributed by atoms with Gasteiger partial charge < -0.3 is 24.4 Å². The van der Waals surface area contributed by atoms with Gasteiger partial charge in [0.2, 0.25) is 6.41 Å². The van der Waals surface area contributed by atoms with Crippen LogP contribution in [0.3, 0.4) is 0 Å². The van der Waals surface area contributed by atoms with Gasteiger partial charge >= 0.3 is 11.9 Å². The Labute approximate surface area is 240 Å². The fourth-order valence-electron chi connectivity index (χ4n) is 4.08. The zero-order valence-electron chi connectivity index (χ0n) is 23.5. The molecule has 0 fully saturated rings. The Morgan fingerprint density at radius 3 is 2.02 bits per heavy atom. The number of ether oxygens (including phenoxy) is 2. The van der Waals surface area contributed by atoms with E-state index in [1.807, 2.05) is 0 Å². The summed E-state index contributed by atoms with van der Waals surface area (Å²) in [4.78, 5) is 50.6. The zero-order chi connectivity index (χ0) is 29.6. The van der Waals surface area contributed by atoms with E-state index in [4.69, 9.17) is 9.47 Å². The monoisotopic (exact) mass is 560 g/mol. The van der Waals surface area contributed by atoms with Gasteiger partial charge in [-0.15, -0.1) is 0 Å². The van der Waals surface area contributed by atoms with E-state index >= 15 is 0 Å². The van der Waals surface area contributed by atoms with E-state index in [1.165, 1.54) is 29.1 Å². The van der Waals surface area contributed by atoms with Gasteiger partial charge in [0.1, 0.15) is 18.0 Å². The van der Waals surface area contributed by atoms with E-state index in [1.54, 1.807) is 79.8 Å². The Morgan fingerprint density at radius 1 is 0.805 bits per heavy atom. The molecule has 0 saturated carbocycles. The number of esters is 1. The third-order valence-electron chi connectivity index (χ3n) is 6.41. The normalized spacial score (nSPS) is 10.5. The number of carbonyl (C=O) groups is 4. The summed E-state index contributed by atoms with van der Waals surface area (Å²) in [6.45, 7) is 2.36. The van der Waals surface area contributed by atoms with Crippen LogP contribution in [0.15, 0.2) is 72.8 Å². The predicted molar refractivity (Wildman–Crippen MR) is 155 cm³/mol. The van der Waals surface area contributed by atoms with Crippen LogP contribution in [0.1, 0.15) is 65.3 Å². The van der Waals surface area contributed by atoms with Crippen LogP contribution < -0.4 is 14.4 Å². The molecule has 0 aliphatic heterocycles. The first kappa shape index (κ1) is 30.9. The van der Waals surface area contributed by atoms with Crippen molar-refractivity contribution in [2.45, 2.75) is 45.6 Å². The maximum atomic E-state index is 13.0. The van der Waals surface area contributed by atoms with E-state index in [0.29, 0.717) is 46.9 Å². The molecule has 41 heavy (non-hydrogen) atoms. The Kier molecular flexibility index (Phi) is 11.9. The maximum absolute atomic E-state index is 13.0. The molecule has 216 valence electrons. The highest BCUT2D eigenvalue weighted by molar-refractivity contribution is 5.96. The zero-order valence-corrected chi connectivity index (χ0v) is 23.5. The van der Waals surface area contributed by atoms with Crippen molar-refractivity contribution in [2.24, 2.45) is 0 Å². The summed E-state index contributed by atoms with van der Waals surface area (Å²) in [7, 11) is 1.59. The molecule has 1 N–H and O–H groups in total. The average molecular weight is 561 g/mol. The number of hydrogen-bond donors (Lipinski definition) is 1. The second-order valence-corrected chi connectivity index (χ2v) is 9.64. The molecule has 0 spiro atoms. The molecule has 0 saturated heterocycles. The second kappa shape index (κ2) is 15.8. The van der Waals surface area contributed by atoms with Gasteiger partial charge in [-0.25, -0.2) is 4.79 Å². The highest BCUT2D eigenvalue weighted by Crippen LogP contribution is 2.19. The lowest BCUT2D eigenvalue weighted by molar-refractivity contribution is -0.137. The molecule has 3 aromatic rings. The van der Waals surface area contributed by atoms with Gasteiger partial charge in [-0.3, -0.25) is 14.4 Å². The van der Waals surface area contributed by atoms with Gasteiger partial charge in [0.15, 0.2) is 0 Å². The minimum absolute atomic E-state index is 0.0371. The van der Waals surface area contributed by atoms with Crippen molar-refractivity contribution in [1.29, 1.82) is 0 Å². The molecule has 0 bridgehead atoms. The van der Waals surface area contributed by atoms with Crippen molar-refractivity contribution in [2.75, 3.05) is 25.1 Å². The Balaban J connectivity index is 1.56. The number of carboxylic acids is 1.